The number of nitrogens with zero attached hydrogens (tertiary/aromatic N) is 3. The molecule has 9 heteroatoms. The molecular weight excluding hydrogens is 471 g/mol. The molecule has 5 rings (SSSR count). The minimum absolute atomic E-state index is 0.151. The second-order valence-corrected chi connectivity index (χ2v) is 8.35. The van der Waals surface area contributed by atoms with E-state index in [1.165, 1.54) is 23.4 Å². The van der Waals surface area contributed by atoms with Crippen molar-refractivity contribution in [1.82, 2.24) is 15.3 Å². The average molecular weight is 495 g/mol. The maximum Gasteiger partial charge on any atom is 0.272 e. The number of para-hydroxylation sites is 2. The number of benzene rings is 3. The van der Waals surface area contributed by atoms with Gasteiger partial charge in [-0.25, -0.2) is 14.4 Å². The lowest BCUT2D eigenvalue weighted by Gasteiger charge is -2.24. The zero-order chi connectivity index (χ0) is 25.8. The normalized spacial score (nSPS) is 15.3. The SMILES string of the molecule is Nc1ccccc1/C=C/C(=O)N[C@H]1N=C(c2ccccc2F)c2ccccc2N(Cc2cnc[nH]2)C1=O. The van der Waals surface area contributed by atoms with Gasteiger partial charge < -0.3 is 20.9 Å². The van der Waals surface area contributed by atoms with Gasteiger partial charge in [0.05, 0.1) is 30.0 Å². The quantitative estimate of drug-likeness (QED) is 0.280. The molecule has 2 amide bonds. The molecule has 0 spiro atoms. The summed E-state index contributed by atoms with van der Waals surface area (Å²) in [5.74, 6) is -1.52. The van der Waals surface area contributed by atoms with Crippen molar-refractivity contribution in [2.75, 3.05) is 10.6 Å². The van der Waals surface area contributed by atoms with Crippen LogP contribution >= 0.6 is 0 Å². The fourth-order valence-electron chi connectivity index (χ4n) is 4.11. The Morgan fingerprint density at radius 2 is 1.78 bits per heavy atom. The van der Waals surface area contributed by atoms with Gasteiger partial charge in [0.1, 0.15) is 5.82 Å². The monoisotopic (exact) mass is 494 g/mol. The van der Waals surface area contributed by atoms with E-state index in [1.807, 2.05) is 0 Å². The Labute approximate surface area is 212 Å². The molecule has 0 saturated carbocycles. The van der Waals surface area contributed by atoms with E-state index in [-0.39, 0.29) is 17.8 Å². The number of nitrogens with one attached hydrogen (secondary N) is 2. The number of rotatable bonds is 6. The lowest BCUT2D eigenvalue weighted by molar-refractivity contribution is -0.125. The van der Waals surface area contributed by atoms with Crippen molar-refractivity contribution in [2.24, 2.45) is 4.99 Å². The summed E-state index contributed by atoms with van der Waals surface area (Å²) in [6.45, 7) is 0.151. The van der Waals surface area contributed by atoms with E-state index in [9.17, 15) is 14.0 Å². The van der Waals surface area contributed by atoms with Crippen LogP contribution in [0.5, 0.6) is 0 Å². The van der Waals surface area contributed by atoms with Crippen LogP contribution in [0.4, 0.5) is 15.8 Å². The topological polar surface area (TPSA) is 116 Å². The van der Waals surface area contributed by atoms with Crippen LogP contribution in [0.25, 0.3) is 6.08 Å². The van der Waals surface area contributed by atoms with Crippen LogP contribution in [-0.2, 0) is 16.1 Å². The summed E-state index contributed by atoms with van der Waals surface area (Å²) in [5.41, 5.74) is 9.38. The van der Waals surface area contributed by atoms with Crippen LogP contribution in [0, 0.1) is 5.82 Å². The second kappa shape index (κ2) is 10.3. The number of imidazole rings is 1. The predicted octanol–water partition coefficient (Wildman–Crippen LogP) is 3.67. The third-order valence-corrected chi connectivity index (χ3v) is 5.91. The molecule has 4 N–H and O–H groups in total. The third-order valence-electron chi connectivity index (χ3n) is 5.91. The number of carbonyl (C=O) groups excluding carboxylic acids is 2. The summed E-state index contributed by atoms with van der Waals surface area (Å²) in [4.78, 5) is 39.8. The number of hydrogen-bond donors (Lipinski definition) is 3. The number of carbonyl (C=O) groups is 2. The molecule has 1 aliphatic rings. The summed E-state index contributed by atoms with van der Waals surface area (Å²) < 4.78 is 14.9. The smallest absolute Gasteiger partial charge is 0.272 e. The number of fused-ring (bicyclic) bond motifs is 1. The first-order chi connectivity index (χ1) is 18.0. The highest BCUT2D eigenvalue weighted by molar-refractivity contribution is 6.20. The molecule has 184 valence electrons. The largest absolute Gasteiger partial charge is 0.398 e. The second-order valence-electron chi connectivity index (χ2n) is 8.35. The Kier molecular flexibility index (Phi) is 6.58. The van der Waals surface area contributed by atoms with Crippen LogP contribution < -0.4 is 16.0 Å². The van der Waals surface area contributed by atoms with Crippen LogP contribution in [0.1, 0.15) is 22.4 Å². The highest BCUT2D eigenvalue weighted by Gasteiger charge is 2.33. The molecule has 2 heterocycles. The van der Waals surface area contributed by atoms with E-state index < -0.39 is 23.8 Å². The predicted molar refractivity (Wildman–Crippen MR) is 140 cm³/mol. The van der Waals surface area contributed by atoms with Gasteiger partial charge in [0, 0.05) is 29.1 Å². The molecule has 0 fully saturated rings. The Morgan fingerprint density at radius 1 is 1.05 bits per heavy atom. The average Bonchev–Trinajstić information content (AvgIpc) is 3.39. The van der Waals surface area contributed by atoms with Crippen molar-refractivity contribution >= 4 is 35.0 Å². The molecule has 3 aromatic carbocycles. The van der Waals surface area contributed by atoms with Gasteiger partial charge in [0.2, 0.25) is 12.1 Å². The van der Waals surface area contributed by atoms with Crippen molar-refractivity contribution in [1.29, 1.82) is 0 Å². The van der Waals surface area contributed by atoms with Gasteiger partial charge in [-0.2, -0.15) is 0 Å². The standard InChI is InChI=1S/C28H23FN6O2/c29-22-10-4-2-8-20(22)26-21-9-3-6-12-24(21)35(16-19-15-31-17-32-19)28(37)27(34-26)33-25(36)14-13-18-7-1-5-11-23(18)30/h1-15,17,27H,16,30H2,(H,31,32)(H,33,36)/b14-13+/t27-/m0/s1. The van der Waals surface area contributed by atoms with Crippen LogP contribution in [-0.4, -0.2) is 33.7 Å². The Hall–Kier alpha value is -5.05. The molecule has 0 aliphatic carbocycles. The number of hydrogen-bond acceptors (Lipinski definition) is 5. The molecule has 1 atom stereocenters. The van der Waals surface area contributed by atoms with Crippen molar-refractivity contribution in [3.05, 3.63) is 120 Å². The molecule has 1 aromatic heterocycles. The summed E-state index contributed by atoms with van der Waals surface area (Å²) in [7, 11) is 0. The molecular formula is C28H23FN6O2. The van der Waals surface area contributed by atoms with Crippen molar-refractivity contribution in [2.45, 2.75) is 12.7 Å². The van der Waals surface area contributed by atoms with Gasteiger partial charge in [0.15, 0.2) is 0 Å². The van der Waals surface area contributed by atoms with Crippen LogP contribution in [0.3, 0.4) is 0 Å². The van der Waals surface area contributed by atoms with E-state index in [1.54, 1.807) is 79.0 Å². The number of anilines is 2. The Bertz CT molecular complexity index is 1510. The Morgan fingerprint density at radius 3 is 2.54 bits per heavy atom. The van der Waals surface area contributed by atoms with Gasteiger partial charge in [-0.15, -0.1) is 0 Å². The number of halogens is 1. The minimum Gasteiger partial charge on any atom is -0.398 e. The fraction of sp³-hybridized carbons (Fsp3) is 0.0714. The highest BCUT2D eigenvalue weighted by Crippen LogP contribution is 2.30. The van der Waals surface area contributed by atoms with E-state index in [0.717, 1.165) is 0 Å². The van der Waals surface area contributed by atoms with E-state index in [2.05, 4.69) is 20.3 Å². The maximum atomic E-state index is 14.9. The first-order valence-electron chi connectivity index (χ1n) is 11.5. The lowest BCUT2D eigenvalue weighted by atomic mass is 9.99. The number of aromatic amines is 1. The number of aliphatic imine (C=N–C) groups is 1. The molecule has 1 aliphatic heterocycles. The summed E-state index contributed by atoms with van der Waals surface area (Å²) in [5, 5.41) is 2.67. The molecule has 4 aromatic rings. The van der Waals surface area contributed by atoms with E-state index in [4.69, 9.17) is 5.73 Å². The van der Waals surface area contributed by atoms with E-state index in [0.29, 0.717) is 28.2 Å². The first kappa shape index (κ1) is 23.7. The van der Waals surface area contributed by atoms with Gasteiger partial charge in [-0.05, 0) is 35.9 Å². The first-order valence-corrected chi connectivity index (χ1v) is 11.5. The minimum atomic E-state index is -1.31. The number of nitrogen functional groups attached to an aromatic ring is 1. The van der Waals surface area contributed by atoms with Gasteiger partial charge >= 0.3 is 0 Å². The third kappa shape index (κ3) is 5.01. The van der Waals surface area contributed by atoms with Crippen LogP contribution in [0.2, 0.25) is 0 Å². The fourth-order valence-corrected chi connectivity index (χ4v) is 4.11. The van der Waals surface area contributed by atoms with Crippen LogP contribution in [0.15, 0.2) is 96.4 Å². The number of nitrogens with two attached hydrogens (primary N) is 1. The molecule has 0 radical (unpaired) electrons. The number of benzodiazepines with no additional fused rings is 1. The highest BCUT2D eigenvalue weighted by atomic mass is 19.1. The zero-order valence-electron chi connectivity index (χ0n) is 19.6. The number of H-pyrrole nitrogens is 1. The summed E-state index contributed by atoms with van der Waals surface area (Å²) >= 11 is 0. The van der Waals surface area contributed by atoms with E-state index >= 15 is 0 Å². The maximum absolute atomic E-state index is 14.9. The van der Waals surface area contributed by atoms with Crippen molar-refractivity contribution in [3.63, 3.8) is 0 Å². The van der Waals surface area contributed by atoms with Crippen molar-refractivity contribution < 1.29 is 14.0 Å². The van der Waals surface area contributed by atoms with Crippen molar-refractivity contribution in [3.8, 4) is 0 Å². The molecule has 0 bridgehead atoms. The Balaban J connectivity index is 1.56. The zero-order valence-corrected chi connectivity index (χ0v) is 19.6. The lowest BCUT2D eigenvalue weighted by Crippen LogP contribution is -2.46. The molecule has 0 unspecified atom stereocenters. The van der Waals surface area contributed by atoms with Gasteiger partial charge in [-0.1, -0.05) is 48.5 Å². The molecule has 0 saturated heterocycles. The molecule has 8 nitrogen and oxygen atoms in total. The molecule has 37 heavy (non-hydrogen) atoms. The summed E-state index contributed by atoms with van der Waals surface area (Å²) in [6.07, 6.45) is 4.67. The van der Waals surface area contributed by atoms with Gasteiger partial charge in [-0.3, -0.25) is 9.59 Å². The number of amides is 2. The summed E-state index contributed by atoms with van der Waals surface area (Å²) in [6, 6.07) is 20.4. The van der Waals surface area contributed by atoms with Gasteiger partial charge in [0.25, 0.3) is 5.91 Å². The number of aromatic nitrogens is 2.